The van der Waals surface area contributed by atoms with E-state index >= 15 is 0 Å². The second-order valence-electron chi connectivity index (χ2n) is 8.50. The van der Waals surface area contributed by atoms with Crippen molar-refractivity contribution in [3.63, 3.8) is 0 Å². The van der Waals surface area contributed by atoms with E-state index in [0.717, 1.165) is 31.2 Å². The van der Waals surface area contributed by atoms with Crippen LogP contribution in [0.5, 0.6) is 5.75 Å². The van der Waals surface area contributed by atoms with Crippen LogP contribution in [0.4, 0.5) is 9.18 Å². The van der Waals surface area contributed by atoms with Gasteiger partial charge in [0, 0.05) is 26.2 Å². The molecule has 10 heteroatoms. The Morgan fingerprint density at radius 2 is 1.78 bits per heavy atom. The molecule has 1 amide bonds. The Balaban J connectivity index is 0.00000145. The maximum atomic E-state index is 14.7. The van der Waals surface area contributed by atoms with Crippen molar-refractivity contribution in [1.82, 2.24) is 9.91 Å². The summed E-state index contributed by atoms with van der Waals surface area (Å²) in [6.45, 7) is -0.000917. The number of hydrogen-bond acceptors (Lipinski definition) is 7. The summed E-state index contributed by atoms with van der Waals surface area (Å²) in [4.78, 5) is 22.2. The van der Waals surface area contributed by atoms with Gasteiger partial charge in [-0.05, 0) is 49.4 Å². The highest BCUT2D eigenvalue weighted by molar-refractivity contribution is 5.69. The van der Waals surface area contributed by atoms with Gasteiger partial charge in [-0.1, -0.05) is 36.8 Å². The van der Waals surface area contributed by atoms with Gasteiger partial charge in [0.05, 0.1) is 17.5 Å². The van der Waals surface area contributed by atoms with Gasteiger partial charge in [0.15, 0.2) is 11.6 Å². The Morgan fingerprint density at radius 3 is 2.36 bits per heavy atom. The summed E-state index contributed by atoms with van der Waals surface area (Å²) in [6, 6.07) is 14.2. The Bertz CT molecular complexity index is 1010. The lowest BCUT2D eigenvalue weighted by molar-refractivity contribution is -0.122. The first-order valence-corrected chi connectivity index (χ1v) is 11.7. The Labute approximate surface area is 211 Å². The second kappa shape index (κ2) is 14.6. The topological polar surface area (TPSA) is 131 Å². The van der Waals surface area contributed by atoms with Gasteiger partial charge in [0.1, 0.15) is 6.61 Å². The van der Waals surface area contributed by atoms with Gasteiger partial charge in [-0.15, -0.1) is 0 Å². The molecular formula is C26H35FN4O5. The quantitative estimate of drug-likeness (QED) is 0.281. The summed E-state index contributed by atoms with van der Waals surface area (Å²) in [7, 11) is 3.23. The molecule has 0 bridgehead atoms. The van der Waals surface area contributed by atoms with Gasteiger partial charge in [0.25, 0.3) is 6.47 Å². The van der Waals surface area contributed by atoms with Crippen LogP contribution in [-0.4, -0.2) is 54.4 Å². The van der Waals surface area contributed by atoms with Gasteiger partial charge >= 0.3 is 6.09 Å². The van der Waals surface area contributed by atoms with E-state index in [-0.39, 0.29) is 30.6 Å². The molecule has 3 rings (SSSR count). The van der Waals surface area contributed by atoms with Gasteiger partial charge in [-0.2, -0.15) is 0 Å². The van der Waals surface area contributed by atoms with Crippen LogP contribution in [0.25, 0.3) is 5.70 Å². The molecule has 0 aliphatic heterocycles. The molecule has 36 heavy (non-hydrogen) atoms. The number of amides is 1. The Morgan fingerprint density at radius 1 is 1.14 bits per heavy atom. The number of nitrogens with zero attached hydrogens (tertiary/aromatic N) is 2. The number of hydrogen-bond donors (Lipinski definition) is 3. The lowest BCUT2D eigenvalue weighted by Crippen LogP contribution is -2.33. The number of benzene rings is 2. The van der Waals surface area contributed by atoms with Crippen molar-refractivity contribution in [3.05, 3.63) is 71.2 Å². The van der Waals surface area contributed by atoms with Crippen LogP contribution in [0.1, 0.15) is 43.2 Å². The molecular weight excluding hydrogens is 467 g/mol. The number of carbonyl (C=O) groups excluding carboxylic acids is 1. The second-order valence-corrected chi connectivity index (χ2v) is 8.50. The highest BCUT2D eigenvalue weighted by Crippen LogP contribution is 2.27. The number of ether oxygens (including phenoxy) is 2. The third-order valence-corrected chi connectivity index (χ3v) is 5.73. The summed E-state index contributed by atoms with van der Waals surface area (Å²) < 4.78 is 26.0. The fourth-order valence-corrected chi connectivity index (χ4v) is 3.82. The predicted molar refractivity (Wildman–Crippen MR) is 135 cm³/mol. The molecule has 0 unspecified atom stereocenters. The fraction of sp³-hybridized carbons (Fsp3) is 0.385. The monoisotopic (exact) mass is 502 g/mol. The highest BCUT2D eigenvalue weighted by Gasteiger charge is 2.19. The molecule has 1 aliphatic rings. The van der Waals surface area contributed by atoms with E-state index in [1.165, 1.54) is 22.4 Å². The average Bonchev–Trinajstić information content (AvgIpc) is 2.86. The first kappa shape index (κ1) is 28.4. The highest BCUT2D eigenvalue weighted by atomic mass is 19.1. The van der Waals surface area contributed by atoms with Gasteiger partial charge in [-0.3, -0.25) is 4.79 Å². The van der Waals surface area contributed by atoms with Crippen LogP contribution in [0.3, 0.4) is 0 Å². The van der Waals surface area contributed by atoms with Crippen molar-refractivity contribution >= 4 is 18.3 Å². The average molecular weight is 503 g/mol. The van der Waals surface area contributed by atoms with Crippen molar-refractivity contribution in [3.8, 4) is 5.75 Å². The molecule has 0 spiro atoms. The smallest absolute Gasteiger partial charge is 0.410 e. The van der Waals surface area contributed by atoms with E-state index in [1.54, 1.807) is 26.2 Å². The van der Waals surface area contributed by atoms with Crippen LogP contribution >= 0.6 is 0 Å². The molecule has 0 atom stereocenters. The first-order valence-electron chi connectivity index (χ1n) is 11.7. The van der Waals surface area contributed by atoms with Crippen LogP contribution < -0.4 is 16.3 Å². The minimum atomic E-state index is -0.520. The molecule has 5 N–H and O–H groups in total. The van der Waals surface area contributed by atoms with E-state index < -0.39 is 11.9 Å². The number of nitrogens with two attached hydrogens (primary N) is 2. The molecule has 2 aromatic rings. The van der Waals surface area contributed by atoms with Crippen molar-refractivity contribution in [2.24, 2.45) is 11.6 Å². The van der Waals surface area contributed by atoms with Crippen LogP contribution in [0.15, 0.2) is 54.2 Å². The Kier molecular flexibility index (Phi) is 11.5. The van der Waals surface area contributed by atoms with Crippen LogP contribution in [0.2, 0.25) is 0 Å². The third kappa shape index (κ3) is 8.77. The zero-order chi connectivity index (χ0) is 26.5. The van der Waals surface area contributed by atoms with Crippen molar-refractivity contribution in [2.45, 2.75) is 44.8 Å². The number of hydrazine groups is 1. The van der Waals surface area contributed by atoms with E-state index in [2.05, 4.69) is 0 Å². The van der Waals surface area contributed by atoms with E-state index in [4.69, 9.17) is 31.0 Å². The largest absolute Gasteiger partial charge is 0.487 e. The Hall–Kier alpha value is -3.79. The maximum absolute atomic E-state index is 14.7. The zero-order valence-corrected chi connectivity index (χ0v) is 20.7. The molecule has 0 radical (unpaired) electrons. The standard InChI is InChI=1S/C25H33FN4O3.CH2O2/c1-29(16-18-9-5-3-6-10-18)25(31)32-17-22(30(2)28)24(27)19-13-14-23(21(26)15-19)33-20-11-7-4-8-12-20;2-1-3/h3,5-6,9-10,13-15,20H,4,7-8,11-12,16-17,27-28H2,1-2H3;1H,(H,2,3)/b24-22-;. The minimum Gasteiger partial charge on any atom is -0.487 e. The molecule has 1 saturated carbocycles. The summed E-state index contributed by atoms with van der Waals surface area (Å²) in [5, 5.41) is 8.16. The van der Waals surface area contributed by atoms with Crippen molar-refractivity contribution in [1.29, 1.82) is 0 Å². The normalized spacial score (nSPS) is 14.0. The van der Waals surface area contributed by atoms with Crippen LogP contribution in [-0.2, 0) is 16.1 Å². The third-order valence-electron chi connectivity index (χ3n) is 5.73. The van der Waals surface area contributed by atoms with Crippen molar-refractivity contribution in [2.75, 3.05) is 20.7 Å². The summed E-state index contributed by atoms with van der Waals surface area (Å²) >= 11 is 0. The minimum absolute atomic E-state index is 0.0463. The fourth-order valence-electron chi connectivity index (χ4n) is 3.82. The van der Waals surface area contributed by atoms with Gasteiger partial charge < -0.3 is 30.2 Å². The number of carbonyl (C=O) groups is 2. The zero-order valence-electron chi connectivity index (χ0n) is 20.7. The van der Waals surface area contributed by atoms with Gasteiger partial charge in [0.2, 0.25) is 0 Å². The molecule has 1 aliphatic carbocycles. The molecule has 1 fully saturated rings. The van der Waals surface area contributed by atoms with Gasteiger partial charge in [-0.25, -0.2) is 15.0 Å². The molecule has 196 valence electrons. The molecule has 0 aromatic heterocycles. The molecule has 2 aromatic carbocycles. The number of likely N-dealkylation sites (N-methyl/N-ethyl adjacent to an activating group) is 1. The first-order chi connectivity index (χ1) is 17.3. The summed E-state index contributed by atoms with van der Waals surface area (Å²) in [5.41, 5.74) is 8.27. The van der Waals surface area contributed by atoms with E-state index in [0.29, 0.717) is 17.8 Å². The lowest BCUT2D eigenvalue weighted by Gasteiger charge is -2.24. The maximum Gasteiger partial charge on any atom is 0.410 e. The van der Waals surface area contributed by atoms with E-state index in [9.17, 15) is 9.18 Å². The lowest BCUT2D eigenvalue weighted by atomic mass is 9.98. The SMILES string of the molecule is CN(Cc1ccccc1)C(=O)OC/C(=C(/N)c1ccc(OC2CCCCC2)c(F)c1)N(C)N.O=CO. The van der Waals surface area contributed by atoms with Crippen molar-refractivity contribution < 1.29 is 28.6 Å². The number of rotatable bonds is 8. The predicted octanol–water partition coefficient (Wildman–Crippen LogP) is 3.94. The molecule has 9 nitrogen and oxygen atoms in total. The number of halogens is 1. The van der Waals surface area contributed by atoms with E-state index in [1.807, 2.05) is 30.3 Å². The number of carboxylic acid groups (broad SMARTS) is 1. The molecule has 0 heterocycles. The summed E-state index contributed by atoms with van der Waals surface area (Å²) in [5.74, 6) is 5.66. The molecule has 0 saturated heterocycles. The summed E-state index contributed by atoms with van der Waals surface area (Å²) in [6.07, 6.45) is 4.81. The van der Waals surface area contributed by atoms with Crippen LogP contribution in [0, 0.1) is 5.82 Å².